The Hall–Kier alpha value is -3.61. The number of fused-ring (bicyclic) bond motifs is 3. The van der Waals surface area contributed by atoms with Crippen molar-refractivity contribution in [3.05, 3.63) is 46.4 Å². The van der Waals surface area contributed by atoms with E-state index >= 15 is 0 Å². The van der Waals surface area contributed by atoms with Crippen molar-refractivity contribution in [3.63, 3.8) is 0 Å². The second-order valence-corrected chi connectivity index (χ2v) is 10.0. The summed E-state index contributed by atoms with van der Waals surface area (Å²) in [7, 11) is 0. The van der Waals surface area contributed by atoms with Crippen molar-refractivity contribution >= 4 is 23.3 Å². The fraction of sp³-hybridized carbons (Fsp3) is 0.520. The van der Waals surface area contributed by atoms with Crippen LogP contribution in [0.5, 0.6) is 0 Å². The maximum atomic E-state index is 13.4. The molecule has 0 bridgehead atoms. The minimum atomic E-state index is -4.52. The SMILES string of the molecule is CC(C)c1nnc2nc(N[C@H](C)c3cc(N)cc(C(F)(F)F)c3)c3c(n12)CCN(C(=O)N1CCOCC1)C3. The number of benzene rings is 1. The van der Waals surface area contributed by atoms with Gasteiger partial charge in [-0.2, -0.15) is 18.2 Å². The number of nitrogens with one attached hydrogen (secondary N) is 1. The molecule has 0 radical (unpaired) electrons. The van der Waals surface area contributed by atoms with Crippen LogP contribution in [0.3, 0.4) is 0 Å². The standard InChI is InChI=1S/C25H31F3N8O2/c1-14(2)22-32-33-23-31-21(30-15(3)16-10-17(25(26,27)28)12-18(29)11-16)19-13-35(5-4-20(19)36(22)23)24(37)34-6-8-38-9-7-34/h10-12,14-15H,4-9,13,29H2,1-3H3,(H,30,31,33)/t15-/m1/s1. The smallest absolute Gasteiger partial charge is 0.399 e. The third-order valence-electron chi connectivity index (χ3n) is 6.98. The highest BCUT2D eigenvalue weighted by molar-refractivity contribution is 5.75. The van der Waals surface area contributed by atoms with Crippen molar-refractivity contribution in [1.82, 2.24) is 29.4 Å². The fourth-order valence-electron chi connectivity index (χ4n) is 4.99. The third-order valence-corrected chi connectivity index (χ3v) is 6.98. The lowest BCUT2D eigenvalue weighted by Crippen LogP contribution is -2.49. The van der Waals surface area contributed by atoms with Gasteiger partial charge in [0, 0.05) is 48.9 Å². The van der Waals surface area contributed by atoms with Gasteiger partial charge in [-0.15, -0.1) is 10.2 Å². The van der Waals surface area contributed by atoms with Crippen molar-refractivity contribution in [2.75, 3.05) is 43.9 Å². The molecule has 5 rings (SSSR count). The van der Waals surface area contributed by atoms with Gasteiger partial charge in [0.25, 0.3) is 5.78 Å². The molecule has 2 aromatic heterocycles. The first-order valence-electron chi connectivity index (χ1n) is 12.7. The largest absolute Gasteiger partial charge is 0.416 e. The van der Waals surface area contributed by atoms with Gasteiger partial charge >= 0.3 is 12.2 Å². The maximum absolute atomic E-state index is 13.4. The maximum Gasteiger partial charge on any atom is 0.416 e. The Balaban J connectivity index is 1.53. The van der Waals surface area contributed by atoms with E-state index in [1.165, 1.54) is 6.07 Å². The van der Waals surface area contributed by atoms with E-state index < -0.39 is 17.8 Å². The minimum absolute atomic E-state index is 0.0234. The fourth-order valence-corrected chi connectivity index (χ4v) is 4.99. The number of aromatic nitrogens is 4. The van der Waals surface area contributed by atoms with Crippen LogP contribution in [-0.4, -0.2) is 68.3 Å². The molecule has 38 heavy (non-hydrogen) atoms. The Labute approximate surface area is 218 Å². The lowest BCUT2D eigenvalue weighted by atomic mass is 10.0. The number of rotatable bonds is 4. The summed E-state index contributed by atoms with van der Waals surface area (Å²) in [6.07, 6.45) is -3.96. The molecule has 204 valence electrons. The summed E-state index contributed by atoms with van der Waals surface area (Å²) >= 11 is 0. The van der Waals surface area contributed by atoms with Gasteiger partial charge in [-0.05, 0) is 30.7 Å². The Kier molecular flexibility index (Phi) is 6.80. The predicted molar refractivity (Wildman–Crippen MR) is 135 cm³/mol. The molecule has 0 unspecified atom stereocenters. The lowest BCUT2D eigenvalue weighted by Gasteiger charge is -2.36. The number of nitrogens with zero attached hydrogens (tertiary/aromatic N) is 6. The number of alkyl halides is 3. The van der Waals surface area contributed by atoms with Crippen LogP contribution in [0.2, 0.25) is 0 Å². The highest BCUT2D eigenvalue weighted by Crippen LogP contribution is 2.35. The molecule has 1 atom stereocenters. The van der Waals surface area contributed by atoms with E-state index in [0.29, 0.717) is 63.0 Å². The van der Waals surface area contributed by atoms with Crippen LogP contribution in [-0.2, 0) is 23.9 Å². The first-order chi connectivity index (χ1) is 18.0. The zero-order chi connectivity index (χ0) is 27.2. The average molecular weight is 533 g/mol. The molecular weight excluding hydrogens is 501 g/mol. The van der Waals surface area contributed by atoms with Crippen LogP contribution < -0.4 is 11.1 Å². The predicted octanol–water partition coefficient (Wildman–Crippen LogP) is 3.83. The number of hydrogen-bond donors (Lipinski definition) is 2. The summed E-state index contributed by atoms with van der Waals surface area (Å²) in [4.78, 5) is 21.5. The molecule has 10 nitrogen and oxygen atoms in total. The molecule has 1 fully saturated rings. The molecule has 4 heterocycles. The van der Waals surface area contributed by atoms with Crippen LogP contribution in [0.25, 0.3) is 5.78 Å². The number of halogens is 3. The number of anilines is 2. The van der Waals surface area contributed by atoms with Gasteiger partial charge in [0.1, 0.15) is 11.6 Å². The topological polar surface area (TPSA) is 114 Å². The first-order valence-corrected chi connectivity index (χ1v) is 12.7. The number of amides is 2. The second-order valence-electron chi connectivity index (χ2n) is 10.0. The second kappa shape index (κ2) is 9.93. The lowest BCUT2D eigenvalue weighted by molar-refractivity contribution is -0.137. The Morgan fingerprint density at radius 2 is 1.82 bits per heavy atom. The summed E-state index contributed by atoms with van der Waals surface area (Å²) in [5.41, 5.74) is 7.11. The van der Waals surface area contributed by atoms with Crippen LogP contribution in [0.4, 0.5) is 29.5 Å². The summed E-state index contributed by atoms with van der Waals surface area (Å²) in [6, 6.07) is 2.88. The summed E-state index contributed by atoms with van der Waals surface area (Å²) in [5, 5.41) is 11.9. The van der Waals surface area contributed by atoms with Gasteiger partial charge in [-0.3, -0.25) is 4.40 Å². The Morgan fingerprint density at radius 3 is 2.50 bits per heavy atom. The van der Waals surface area contributed by atoms with Gasteiger partial charge in [0.15, 0.2) is 0 Å². The summed E-state index contributed by atoms with van der Waals surface area (Å²) in [6.45, 7) is 8.65. The zero-order valence-electron chi connectivity index (χ0n) is 21.5. The third kappa shape index (κ3) is 4.94. The first kappa shape index (κ1) is 26.0. The van der Waals surface area contributed by atoms with Crippen molar-refractivity contribution in [3.8, 4) is 0 Å². The van der Waals surface area contributed by atoms with Crippen molar-refractivity contribution < 1.29 is 22.7 Å². The molecule has 13 heteroatoms. The van der Waals surface area contributed by atoms with Crippen molar-refractivity contribution in [2.24, 2.45) is 0 Å². The van der Waals surface area contributed by atoms with Crippen molar-refractivity contribution in [2.45, 2.75) is 51.9 Å². The molecule has 2 amide bonds. The minimum Gasteiger partial charge on any atom is -0.399 e. The van der Waals surface area contributed by atoms with E-state index in [2.05, 4.69) is 15.5 Å². The molecule has 2 aliphatic rings. The molecular formula is C25H31F3N8O2. The number of carbonyl (C=O) groups is 1. The number of ether oxygens (including phenoxy) is 1. The molecule has 2 aliphatic heterocycles. The van der Waals surface area contributed by atoms with Gasteiger partial charge in [-0.1, -0.05) is 13.8 Å². The van der Waals surface area contributed by atoms with Crippen LogP contribution in [0.1, 0.15) is 60.9 Å². The summed E-state index contributed by atoms with van der Waals surface area (Å²) in [5.74, 6) is 1.72. The number of nitrogens with two attached hydrogens (primary N) is 1. The highest BCUT2D eigenvalue weighted by atomic mass is 19.4. The van der Waals surface area contributed by atoms with Gasteiger partial charge in [0.2, 0.25) is 0 Å². The molecule has 1 saturated heterocycles. The van der Waals surface area contributed by atoms with Gasteiger partial charge < -0.3 is 25.6 Å². The molecule has 0 aliphatic carbocycles. The zero-order valence-corrected chi connectivity index (χ0v) is 21.5. The molecule has 1 aromatic carbocycles. The van der Waals surface area contributed by atoms with Gasteiger partial charge in [-0.25, -0.2) is 4.79 Å². The number of hydrogen-bond acceptors (Lipinski definition) is 7. The van der Waals surface area contributed by atoms with E-state index in [9.17, 15) is 18.0 Å². The van der Waals surface area contributed by atoms with Crippen LogP contribution >= 0.6 is 0 Å². The molecule has 0 saturated carbocycles. The quantitative estimate of drug-likeness (QED) is 0.491. The molecule has 3 aromatic rings. The Morgan fingerprint density at radius 1 is 1.08 bits per heavy atom. The Bertz CT molecular complexity index is 1350. The van der Waals surface area contributed by atoms with E-state index in [1.807, 2.05) is 18.2 Å². The van der Waals surface area contributed by atoms with E-state index in [-0.39, 0.29) is 17.6 Å². The summed E-state index contributed by atoms with van der Waals surface area (Å²) < 4.78 is 47.6. The van der Waals surface area contributed by atoms with E-state index in [4.69, 9.17) is 15.5 Å². The molecule has 0 spiro atoms. The van der Waals surface area contributed by atoms with E-state index in [1.54, 1.807) is 16.7 Å². The number of nitrogen functional groups attached to an aromatic ring is 1. The van der Waals surface area contributed by atoms with Crippen LogP contribution in [0.15, 0.2) is 18.2 Å². The van der Waals surface area contributed by atoms with E-state index in [0.717, 1.165) is 29.2 Å². The van der Waals surface area contributed by atoms with Crippen molar-refractivity contribution in [1.29, 1.82) is 0 Å². The van der Waals surface area contributed by atoms with Gasteiger partial charge in [0.05, 0.1) is 31.4 Å². The highest BCUT2D eigenvalue weighted by Gasteiger charge is 2.33. The monoisotopic (exact) mass is 532 g/mol. The average Bonchev–Trinajstić information content (AvgIpc) is 3.32. The normalized spacial score (nSPS) is 17.1. The van der Waals surface area contributed by atoms with Crippen LogP contribution in [0, 0.1) is 0 Å². The molecule has 3 N–H and O–H groups in total. The number of carbonyl (C=O) groups excluding carboxylic acids is 1. The number of morpholine rings is 1. The number of urea groups is 1.